The summed E-state index contributed by atoms with van der Waals surface area (Å²) in [7, 11) is 3.75. The lowest BCUT2D eigenvalue weighted by Gasteiger charge is -2.09. The summed E-state index contributed by atoms with van der Waals surface area (Å²) in [5.74, 6) is -5.51. The monoisotopic (exact) mass is 367 g/mol. The maximum absolute atomic E-state index is 14.2. The van der Waals surface area contributed by atoms with Gasteiger partial charge < -0.3 is 9.64 Å². The molecule has 0 aliphatic heterocycles. The van der Waals surface area contributed by atoms with Gasteiger partial charge in [0.25, 0.3) is 0 Å². The minimum atomic E-state index is -1.15. The van der Waals surface area contributed by atoms with Crippen molar-refractivity contribution in [2.24, 2.45) is 0 Å². The summed E-state index contributed by atoms with van der Waals surface area (Å²) in [6, 6.07) is 3.61. The van der Waals surface area contributed by atoms with Gasteiger partial charge in [-0.2, -0.15) is 0 Å². The van der Waals surface area contributed by atoms with E-state index in [1.807, 2.05) is 19.0 Å². The van der Waals surface area contributed by atoms with Gasteiger partial charge in [-0.15, -0.1) is 0 Å². The number of carbonyl (C=O) groups is 1. The zero-order chi connectivity index (χ0) is 19.3. The van der Waals surface area contributed by atoms with Crippen molar-refractivity contribution in [1.82, 2.24) is 4.90 Å². The van der Waals surface area contributed by atoms with Crippen molar-refractivity contribution >= 4 is 5.78 Å². The van der Waals surface area contributed by atoms with Crippen molar-refractivity contribution in [3.8, 4) is 5.75 Å². The number of benzene rings is 2. The van der Waals surface area contributed by atoms with E-state index >= 15 is 0 Å². The molecule has 0 N–H and O–H groups in total. The highest BCUT2D eigenvalue weighted by molar-refractivity contribution is 6.09. The number of ether oxygens (including phenoxy) is 1. The van der Waals surface area contributed by atoms with E-state index in [4.69, 9.17) is 4.74 Å². The van der Waals surface area contributed by atoms with Gasteiger partial charge in [-0.3, -0.25) is 4.79 Å². The molecular formula is C19H17F4NO2. The minimum Gasteiger partial charge on any atom is -0.486 e. The summed E-state index contributed by atoms with van der Waals surface area (Å²) in [6.07, 6.45) is 3.44. The molecule has 2 rings (SSSR count). The smallest absolute Gasteiger partial charge is 0.199 e. The molecule has 0 heterocycles. The second kappa shape index (κ2) is 8.62. The molecule has 0 fully saturated rings. The van der Waals surface area contributed by atoms with Crippen molar-refractivity contribution in [3.63, 3.8) is 0 Å². The second-order valence-corrected chi connectivity index (χ2v) is 5.76. The van der Waals surface area contributed by atoms with Crippen LogP contribution < -0.4 is 4.74 Å². The zero-order valence-corrected chi connectivity index (χ0v) is 14.2. The molecule has 3 nitrogen and oxygen atoms in total. The van der Waals surface area contributed by atoms with Crippen molar-refractivity contribution < 1.29 is 27.1 Å². The number of likely N-dealkylation sites (N-methyl/N-ethyl adjacent to an activating group) is 1. The van der Waals surface area contributed by atoms with E-state index in [0.717, 1.165) is 18.2 Å². The summed E-state index contributed by atoms with van der Waals surface area (Å²) in [5.41, 5.74) is -1.21. The Bertz CT molecular complexity index is 835. The van der Waals surface area contributed by atoms with Crippen molar-refractivity contribution in [3.05, 3.63) is 76.9 Å². The van der Waals surface area contributed by atoms with Crippen LogP contribution in [0.1, 0.15) is 15.9 Å². The average molecular weight is 367 g/mol. The molecule has 0 aromatic heterocycles. The molecule has 0 spiro atoms. The van der Waals surface area contributed by atoms with Gasteiger partial charge in [0.2, 0.25) is 0 Å². The Morgan fingerprint density at radius 2 is 1.65 bits per heavy atom. The third kappa shape index (κ3) is 4.92. The highest BCUT2D eigenvalue weighted by Gasteiger charge is 2.21. The van der Waals surface area contributed by atoms with Crippen LogP contribution in [0.5, 0.6) is 5.75 Å². The van der Waals surface area contributed by atoms with E-state index in [9.17, 15) is 22.4 Å². The molecule has 0 atom stereocenters. The lowest BCUT2D eigenvalue weighted by molar-refractivity contribution is 0.103. The highest BCUT2D eigenvalue weighted by atomic mass is 19.1. The van der Waals surface area contributed by atoms with E-state index in [2.05, 4.69) is 0 Å². The first kappa shape index (κ1) is 19.7. The van der Waals surface area contributed by atoms with Crippen LogP contribution in [0.15, 0.2) is 42.5 Å². The molecule has 0 bridgehead atoms. The van der Waals surface area contributed by atoms with Gasteiger partial charge in [-0.25, -0.2) is 17.6 Å². The van der Waals surface area contributed by atoms with Crippen molar-refractivity contribution in [2.45, 2.75) is 0 Å². The molecule has 0 radical (unpaired) electrons. The molecule has 0 unspecified atom stereocenters. The van der Waals surface area contributed by atoms with E-state index in [-0.39, 0.29) is 12.4 Å². The Kier molecular flexibility index (Phi) is 6.52. The van der Waals surface area contributed by atoms with Crippen LogP contribution in [0.3, 0.4) is 0 Å². The molecular weight excluding hydrogens is 350 g/mol. The number of halogens is 4. The summed E-state index contributed by atoms with van der Waals surface area (Å²) in [4.78, 5) is 14.1. The summed E-state index contributed by atoms with van der Waals surface area (Å²) >= 11 is 0. The fraction of sp³-hybridized carbons (Fsp3) is 0.211. The topological polar surface area (TPSA) is 29.5 Å². The highest BCUT2D eigenvalue weighted by Crippen LogP contribution is 2.24. The van der Waals surface area contributed by atoms with Crippen LogP contribution in [0.2, 0.25) is 0 Å². The molecule has 0 saturated heterocycles. The fourth-order valence-electron chi connectivity index (χ4n) is 2.12. The summed E-state index contributed by atoms with van der Waals surface area (Å²) in [6.45, 7) is 0.682. The Labute approximate surface area is 148 Å². The van der Waals surface area contributed by atoms with Crippen LogP contribution >= 0.6 is 0 Å². The molecule has 0 saturated carbocycles. The number of ketones is 1. The van der Waals surface area contributed by atoms with Gasteiger partial charge in [0, 0.05) is 18.7 Å². The zero-order valence-electron chi connectivity index (χ0n) is 14.2. The number of nitrogens with zero attached hydrogens (tertiary/aromatic N) is 1. The van der Waals surface area contributed by atoms with Gasteiger partial charge >= 0.3 is 0 Å². The summed E-state index contributed by atoms with van der Waals surface area (Å²) < 4.78 is 60.0. The summed E-state index contributed by atoms with van der Waals surface area (Å²) in [5, 5.41) is 0. The molecule has 7 heteroatoms. The van der Waals surface area contributed by atoms with Crippen LogP contribution in [0.25, 0.3) is 0 Å². The number of rotatable bonds is 7. The van der Waals surface area contributed by atoms with E-state index < -0.39 is 40.2 Å². The standard InChI is InChI=1S/C19H17F4NO2/c1-24(2)7-3-4-8-26-18-11-16(22)14(10-17(18)23)19(25)13-6-5-12(20)9-15(13)21/h3-6,9-11H,7-8H2,1-2H3/b4-3+. The lowest BCUT2D eigenvalue weighted by atomic mass is 10.0. The predicted molar refractivity (Wildman–Crippen MR) is 89.3 cm³/mol. The Balaban J connectivity index is 2.18. The molecule has 0 aliphatic carbocycles. The molecule has 2 aromatic carbocycles. The first-order valence-electron chi connectivity index (χ1n) is 7.71. The Morgan fingerprint density at radius 3 is 2.31 bits per heavy atom. The normalized spacial score (nSPS) is 11.3. The second-order valence-electron chi connectivity index (χ2n) is 5.76. The van der Waals surface area contributed by atoms with E-state index in [1.165, 1.54) is 0 Å². The van der Waals surface area contributed by atoms with Crippen molar-refractivity contribution in [2.75, 3.05) is 27.2 Å². The molecule has 138 valence electrons. The average Bonchev–Trinajstić information content (AvgIpc) is 2.56. The quantitative estimate of drug-likeness (QED) is 0.421. The number of hydrogen-bond acceptors (Lipinski definition) is 3. The third-order valence-electron chi connectivity index (χ3n) is 3.41. The van der Waals surface area contributed by atoms with Gasteiger partial charge in [0.15, 0.2) is 17.3 Å². The first-order chi connectivity index (χ1) is 12.3. The largest absolute Gasteiger partial charge is 0.486 e. The first-order valence-corrected chi connectivity index (χ1v) is 7.71. The molecule has 0 amide bonds. The van der Waals surface area contributed by atoms with E-state index in [0.29, 0.717) is 18.7 Å². The van der Waals surface area contributed by atoms with Crippen LogP contribution in [-0.4, -0.2) is 37.9 Å². The number of carbonyl (C=O) groups excluding carboxylic acids is 1. The van der Waals surface area contributed by atoms with Gasteiger partial charge in [0.05, 0.1) is 11.1 Å². The van der Waals surface area contributed by atoms with E-state index in [1.54, 1.807) is 12.2 Å². The fourth-order valence-corrected chi connectivity index (χ4v) is 2.12. The molecule has 26 heavy (non-hydrogen) atoms. The molecule has 0 aliphatic rings. The SMILES string of the molecule is CN(C)C/C=C/COc1cc(F)c(C(=O)c2ccc(F)cc2F)cc1F. The van der Waals surface area contributed by atoms with Crippen molar-refractivity contribution in [1.29, 1.82) is 0 Å². The van der Waals surface area contributed by atoms with Crippen LogP contribution in [0.4, 0.5) is 17.6 Å². The minimum absolute atomic E-state index is 0.0179. The predicted octanol–water partition coefficient (Wildman–Crippen LogP) is 3.97. The Morgan fingerprint density at radius 1 is 0.962 bits per heavy atom. The number of hydrogen-bond donors (Lipinski definition) is 0. The van der Waals surface area contributed by atoms with Crippen LogP contribution in [-0.2, 0) is 0 Å². The maximum Gasteiger partial charge on any atom is 0.199 e. The molecule has 2 aromatic rings. The van der Waals surface area contributed by atoms with Gasteiger partial charge in [0.1, 0.15) is 24.1 Å². The van der Waals surface area contributed by atoms with Gasteiger partial charge in [-0.1, -0.05) is 12.2 Å². The third-order valence-corrected chi connectivity index (χ3v) is 3.41. The lowest BCUT2D eigenvalue weighted by Crippen LogP contribution is -2.11. The van der Waals surface area contributed by atoms with Crippen LogP contribution in [0, 0.1) is 23.3 Å². The Hall–Kier alpha value is -2.67. The van der Waals surface area contributed by atoms with Gasteiger partial charge in [-0.05, 0) is 32.3 Å². The maximum atomic E-state index is 14.2.